The minimum Gasteiger partial charge on any atom is -0.343 e. The van der Waals surface area contributed by atoms with Crippen LogP contribution in [0.25, 0.3) is 17.1 Å². The van der Waals surface area contributed by atoms with Crippen molar-refractivity contribution in [2.45, 2.75) is 26.3 Å². The summed E-state index contributed by atoms with van der Waals surface area (Å²) in [5.74, 6) is -0.525. The summed E-state index contributed by atoms with van der Waals surface area (Å²) in [5.41, 5.74) is 8.74. The third-order valence-electron chi connectivity index (χ3n) is 5.43. The van der Waals surface area contributed by atoms with Gasteiger partial charge in [-0.05, 0) is 60.2 Å². The molecule has 3 aromatic rings. The molecule has 6 heteroatoms. The van der Waals surface area contributed by atoms with E-state index in [1.165, 1.54) is 33.8 Å². The van der Waals surface area contributed by atoms with E-state index in [0.29, 0.717) is 0 Å². The molecule has 0 spiro atoms. The van der Waals surface area contributed by atoms with E-state index in [2.05, 4.69) is 40.0 Å². The highest BCUT2D eigenvalue weighted by Gasteiger charge is 2.17. The Labute approximate surface area is 163 Å². The smallest absolute Gasteiger partial charge is 0.267 e. The summed E-state index contributed by atoms with van der Waals surface area (Å²) in [4.78, 5) is 21.4. The van der Waals surface area contributed by atoms with E-state index in [0.717, 1.165) is 43.7 Å². The highest BCUT2D eigenvalue weighted by Crippen LogP contribution is 2.24. The van der Waals surface area contributed by atoms with Crippen LogP contribution < -0.4 is 5.48 Å². The molecule has 0 fully saturated rings. The summed E-state index contributed by atoms with van der Waals surface area (Å²) < 4.78 is 0. The van der Waals surface area contributed by atoms with Crippen LogP contribution in [-0.4, -0.2) is 39.1 Å². The van der Waals surface area contributed by atoms with Gasteiger partial charge in [-0.15, -0.1) is 0 Å². The number of carbonyl (C=O) groups is 1. The van der Waals surface area contributed by atoms with E-state index in [4.69, 9.17) is 5.21 Å². The van der Waals surface area contributed by atoms with Crippen molar-refractivity contribution in [3.8, 4) is 0 Å². The van der Waals surface area contributed by atoms with Gasteiger partial charge in [0.25, 0.3) is 5.91 Å². The van der Waals surface area contributed by atoms with Crippen molar-refractivity contribution >= 4 is 23.0 Å². The van der Waals surface area contributed by atoms with E-state index < -0.39 is 5.91 Å². The molecule has 28 heavy (non-hydrogen) atoms. The normalized spacial score (nSPS) is 14.5. The SMILES string of the molecule is Cc1[nH]c2ncccc2c1CCN1CCc2ccc(/C=C/C(=O)NO)cc2C1. The molecule has 0 aliphatic carbocycles. The Morgan fingerprint density at radius 1 is 1.36 bits per heavy atom. The largest absolute Gasteiger partial charge is 0.343 e. The van der Waals surface area contributed by atoms with Crippen LogP contribution in [0.15, 0.2) is 42.6 Å². The highest BCUT2D eigenvalue weighted by atomic mass is 16.5. The van der Waals surface area contributed by atoms with Crippen molar-refractivity contribution in [1.29, 1.82) is 0 Å². The van der Waals surface area contributed by atoms with Crippen LogP contribution in [0.3, 0.4) is 0 Å². The van der Waals surface area contributed by atoms with Gasteiger partial charge in [0, 0.05) is 43.0 Å². The Balaban J connectivity index is 1.45. The molecule has 1 aliphatic heterocycles. The van der Waals surface area contributed by atoms with Gasteiger partial charge in [-0.25, -0.2) is 10.5 Å². The van der Waals surface area contributed by atoms with Crippen LogP contribution in [0.1, 0.15) is 27.9 Å². The van der Waals surface area contributed by atoms with Crippen molar-refractivity contribution < 1.29 is 10.0 Å². The molecular weight excluding hydrogens is 352 g/mol. The fraction of sp³-hybridized carbons (Fsp3) is 0.273. The predicted octanol–water partition coefficient (Wildman–Crippen LogP) is 2.99. The topological polar surface area (TPSA) is 81.2 Å². The molecule has 6 nitrogen and oxygen atoms in total. The summed E-state index contributed by atoms with van der Waals surface area (Å²) in [7, 11) is 0. The predicted molar refractivity (Wildman–Crippen MR) is 109 cm³/mol. The summed E-state index contributed by atoms with van der Waals surface area (Å²) in [6.45, 7) is 5.07. The number of hydrogen-bond acceptors (Lipinski definition) is 4. The van der Waals surface area contributed by atoms with Crippen molar-refractivity contribution in [2.24, 2.45) is 0 Å². The van der Waals surface area contributed by atoms with E-state index in [-0.39, 0.29) is 0 Å². The molecular formula is C22H24N4O2. The van der Waals surface area contributed by atoms with Gasteiger partial charge in [0.2, 0.25) is 0 Å². The van der Waals surface area contributed by atoms with E-state index in [9.17, 15) is 4.79 Å². The van der Waals surface area contributed by atoms with Gasteiger partial charge in [0.15, 0.2) is 0 Å². The monoisotopic (exact) mass is 376 g/mol. The first-order valence-electron chi connectivity index (χ1n) is 9.52. The molecule has 1 amide bonds. The molecule has 1 aliphatic rings. The average Bonchev–Trinajstić information content (AvgIpc) is 3.05. The lowest BCUT2D eigenvalue weighted by atomic mass is 9.96. The molecule has 0 saturated heterocycles. The third-order valence-corrected chi connectivity index (χ3v) is 5.43. The fourth-order valence-corrected chi connectivity index (χ4v) is 3.93. The maximum absolute atomic E-state index is 11.2. The molecule has 0 saturated carbocycles. The standard InChI is InChI=1S/C22H24N4O2/c1-15-19(20-3-2-10-23-22(20)24-15)9-12-26-11-8-17-6-4-16(13-18(17)14-26)5-7-21(27)25-28/h2-7,10,13,28H,8-9,11-12,14H2,1H3,(H,23,24)(H,25,27)/b7-5+. The second-order valence-corrected chi connectivity index (χ2v) is 7.24. The lowest BCUT2D eigenvalue weighted by Gasteiger charge is -2.29. The van der Waals surface area contributed by atoms with Crippen LogP contribution in [0.4, 0.5) is 0 Å². The quantitative estimate of drug-likeness (QED) is 0.363. The fourth-order valence-electron chi connectivity index (χ4n) is 3.93. The van der Waals surface area contributed by atoms with Gasteiger partial charge in [-0.3, -0.25) is 14.9 Å². The summed E-state index contributed by atoms with van der Waals surface area (Å²) in [5, 5.41) is 9.81. The van der Waals surface area contributed by atoms with Gasteiger partial charge < -0.3 is 4.98 Å². The Kier molecular flexibility index (Phi) is 5.23. The van der Waals surface area contributed by atoms with Crippen molar-refractivity contribution in [3.63, 3.8) is 0 Å². The second kappa shape index (κ2) is 7.96. The molecule has 4 rings (SSSR count). The van der Waals surface area contributed by atoms with Crippen molar-refractivity contribution in [3.05, 3.63) is 70.6 Å². The molecule has 0 bridgehead atoms. The van der Waals surface area contributed by atoms with Gasteiger partial charge in [-0.1, -0.05) is 18.2 Å². The number of amides is 1. The third kappa shape index (κ3) is 3.83. The van der Waals surface area contributed by atoms with Crippen LogP contribution in [-0.2, 0) is 24.2 Å². The molecule has 144 valence electrons. The van der Waals surface area contributed by atoms with Crippen molar-refractivity contribution in [1.82, 2.24) is 20.3 Å². The zero-order valence-corrected chi connectivity index (χ0v) is 15.9. The molecule has 1 aromatic carbocycles. The molecule has 2 aromatic heterocycles. The minimum absolute atomic E-state index is 0.525. The van der Waals surface area contributed by atoms with Gasteiger partial charge >= 0.3 is 0 Å². The number of carbonyl (C=O) groups excluding carboxylic acids is 1. The highest BCUT2D eigenvalue weighted by molar-refractivity contribution is 5.90. The van der Waals surface area contributed by atoms with Crippen LogP contribution >= 0.6 is 0 Å². The number of aromatic amines is 1. The number of nitrogens with zero attached hydrogens (tertiary/aromatic N) is 2. The number of pyridine rings is 1. The van der Waals surface area contributed by atoms with E-state index in [1.807, 2.05) is 18.3 Å². The number of fused-ring (bicyclic) bond motifs is 2. The second-order valence-electron chi connectivity index (χ2n) is 7.24. The number of hydroxylamine groups is 1. The van der Waals surface area contributed by atoms with Gasteiger partial charge in [0.1, 0.15) is 5.65 Å². The average molecular weight is 376 g/mol. The lowest BCUT2D eigenvalue weighted by Crippen LogP contribution is -2.32. The van der Waals surface area contributed by atoms with E-state index in [1.54, 1.807) is 11.6 Å². The number of aromatic nitrogens is 2. The van der Waals surface area contributed by atoms with Gasteiger partial charge in [-0.2, -0.15) is 0 Å². The van der Waals surface area contributed by atoms with E-state index >= 15 is 0 Å². The van der Waals surface area contributed by atoms with Crippen LogP contribution in [0.5, 0.6) is 0 Å². The van der Waals surface area contributed by atoms with Crippen LogP contribution in [0.2, 0.25) is 0 Å². The zero-order valence-electron chi connectivity index (χ0n) is 15.9. The first-order valence-corrected chi connectivity index (χ1v) is 9.52. The number of rotatable bonds is 5. The lowest BCUT2D eigenvalue weighted by molar-refractivity contribution is -0.124. The molecule has 0 radical (unpaired) electrons. The number of H-pyrrole nitrogens is 1. The number of aryl methyl sites for hydroxylation is 1. The summed E-state index contributed by atoms with van der Waals surface area (Å²) in [6, 6.07) is 10.4. The number of hydrogen-bond donors (Lipinski definition) is 3. The molecule has 0 unspecified atom stereocenters. The minimum atomic E-state index is -0.525. The molecule has 3 heterocycles. The Morgan fingerprint density at radius 3 is 3.11 bits per heavy atom. The first kappa shape index (κ1) is 18.4. The van der Waals surface area contributed by atoms with Crippen molar-refractivity contribution in [2.75, 3.05) is 13.1 Å². The van der Waals surface area contributed by atoms with Gasteiger partial charge in [0.05, 0.1) is 0 Å². The maximum Gasteiger partial charge on any atom is 0.267 e. The zero-order chi connectivity index (χ0) is 19.5. The maximum atomic E-state index is 11.2. The summed E-state index contributed by atoms with van der Waals surface area (Å²) >= 11 is 0. The molecule has 0 atom stereocenters. The Hall–Kier alpha value is -2.96. The number of nitrogens with one attached hydrogen (secondary N) is 2. The first-order chi connectivity index (χ1) is 13.6. The molecule has 3 N–H and O–H groups in total. The summed E-state index contributed by atoms with van der Waals surface area (Å²) in [6.07, 6.45) is 6.89. The number of benzene rings is 1. The van der Waals surface area contributed by atoms with Crippen LogP contribution in [0, 0.1) is 6.92 Å². The Morgan fingerprint density at radius 2 is 2.25 bits per heavy atom. The Bertz CT molecular complexity index is 1040.